The minimum absolute atomic E-state index is 0.743. The molecule has 0 fully saturated rings. The number of aromatic nitrogens is 3. The van der Waals surface area contributed by atoms with Crippen LogP contribution in [0.1, 0.15) is 6.92 Å². The topological polar surface area (TPSA) is 30.7 Å². The molecule has 0 aliphatic rings. The number of halogens is 1. The van der Waals surface area contributed by atoms with E-state index in [0.717, 1.165) is 22.3 Å². The molecular weight excluding hydrogens is 206 g/mol. The Labute approximate surface area is 85.0 Å². The van der Waals surface area contributed by atoms with Crippen LogP contribution in [0, 0.1) is 0 Å². The van der Waals surface area contributed by atoms with Gasteiger partial charge in [-0.25, -0.2) is 0 Å². The molecule has 0 amide bonds. The second kappa shape index (κ2) is 3.47. The van der Waals surface area contributed by atoms with E-state index in [4.69, 9.17) is 11.6 Å². The van der Waals surface area contributed by atoms with Crippen molar-refractivity contribution in [1.82, 2.24) is 14.8 Å². The Bertz CT molecular complexity index is 407. The van der Waals surface area contributed by atoms with Crippen LogP contribution in [0.15, 0.2) is 17.8 Å². The van der Waals surface area contributed by atoms with Crippen molar-refractivity contribution in [2.45, 2.75) is 13.5 Å². The van der Waals surface area contributed by atoms with Gasteiger partial charge in [-0.15, -0.1) is 21.5 Å². The van der Waals surface area contributed by atoms with Gasteiger partial charge in [0.05, 0.1) is 9.90 Å². The lowest BCUT2D eigenvalue weighted by Crippen LogP contribution is -1.94. The van der Waals surface area contributed by atoms with Crippen molar-refractivity contribution in [1.29, 1.82) is 0 Å². The third-order valence-corrected chi connectivity index (χ3v) is 3.11. The van der Waals surface area contributed by atoms with E-state index < -0.39 is 0 Å². The first-order valence-corrected chi connectivity index (χ1v) is 5.20. The molecule has 2 aromatic heterocycles. The summed E-state index contributed by atoms with van der Waals surface area (Å²) in [5, 5.41) is 10.6. The van der Waals surface area contributed by atoms with Gasteiger partial charge in [0.2, 0.25) is 0 Å². The molecule has 13 heavy (non-hydrogen) atoms. The van der Waals surface area contributed by atoms with Gasteiger partial charge in [0.25, 0.3) is 0 Å². The summed E-state index contributed by atoms with van der Waals surface area (Å²) in [7, 11) is 0. The van der Waals surface area contributed by atoms with Crippen molar-refractivity contribution in [3.8, 4) is 10.7 Å². The Hall–Kier alpha value is -0.870. The molecule has 0 N–H and O–H groups in total. The zero-order chi connectivity index (χ0) is 9.26. The average Bonchev–Trinajstić information content (AvgIpc) is 2.71. The minimum Gasteiger partial charge on any atom is -0.313 e. The maximum Gasteiger partial charge on any atom is 0.175 e. The first kappa shape index (κ1) is 8.72. The molecule has 3 nitrogen and oxygen atoms in total. The first-order valence-electron chi connectivity index (χ1n) is 3.94. The number of hydrogen-bond acceptors (Lipinski definition) is 3. The second-order valence-corrected chi connectivity index (χ2v) is 3.86. The quantitative estimate of drug-likeness (QED) is 0.768. The van der Waals surface area contributed by atoms with Crippen molar-refractivity contribution in [3.05, 3.63) is 22.8 Å². The van der Waals surface area contributed by atoms with Gasteiger partial charge in [0.1, 0.15) is 6.33 Å². The molecule has 0 saturated carbocycles. The molecule has 2 heterocycles. The third kappa shape index (κ3) is 1.47. The smallest absolute Gasteiger partial charge is 0.175 e. The molecule has 2 rings (SSSR count). The molecule has 0 aromatic carbocycles. The summed E-state index contributed by atoms with van der Waals surface area (Å²) in [4.78, 5) is 0.987. The molecular formula is C8H8ClN3S. The number of aryl methyl sites for hydroxylation is 1. The molecule has 2 aromatic rings. The molecule has 0 atom stereocenters. The zero-order valence-electron chi connectivity index (χ0n) is 7.07. The van der Waals surface area contributed by atoms with E-state index in [1.54, 1.807) is 17.7 Å². The number of nitrogens with zero attached hydrogens (tertiary/aromatic N) is 3. The minimum atomic E-state index is 0.743. The Morgan fingerprint density at radius 2 is 2.46 bits per heavy atom. The van der Waals surface area contributed by atoms with E-state index in [1.807, 2.05) is 22.9 Å². The summed E-state index contributed by atoms with van der Waals surface area (Å²) in [5.41, 5.74) is 0. The van der Waals surface area contributed by atoms with Crippen LogP contribution in [0.4, 0.5) is 0 Å². The average molecular weight is 214 g/mol. The Morgan fingerprint density at radius 1 is 1.62 bits per heavy atom. The van der Waals surface area contributed by atoms with E-state index in [9.17, 15) is 0 Å². The van der Waals surface area contributed by atoms with E-state index in [1.165, 1.54) is 0 Å². The van der Waals surface area contributed by atoms with Gasteiger partial charge in [0.15, 0.2) is 5.82 Å². The summed E-state index contributed by atoms with van der Waals surface area (Å²) in [6.45, 7) is 2.91. The molecule has 0 spiro atoms. The van der Waals surface area contributed by atoms with E-state index in [0.29, 0.717) is 0 Å². The number of thiophene rings is 1. The van der Waals surface area contributed by atoms with Crippen LogP contribution in [-0.4, -0.2) is 14.8 Å². The molecule has 0 unspecified atom stereocenters. The summed E-state index contributed by atoms with van der Waals surface area (Å²) in [5.74, 6) is 0.850. The Kier molecular flexibility index (Phi) is 2.33. The van der Waals surface area contributed by atoms with Crippen LogP contribution < -0.4 is 0 Å². The van der Waals surface area contributed by atoms with Crippen LogP contribution in [-0.2, 0) is 6.54 Å². The predicted molar refractivity (Wildman–Crippen MR) is 54.0 cm³/mol. The zero-order valence-corrected chi connectivity index (χ0v) is 8.64. The highest BCUT2D eigenvalue weighted by atomic mass is 35.5. The second-order valence-electron chi connectivity index (χ2n) is 2.54. The highest BCUT2D eigenvalue weighted by molar-refractivity contribution is 7.14. The predicted octanol–water partition coefficient (Wildman–Crippen LogP) is 2.68. The first-order chi connectivity index (χ1) is 6.33. The molecule has 0 aliphatic carbocycles. The standard InChI is InChI=1S/C8H8ClN3S/c1-2-12-5-10-11-8(12)7-6(9)3-4-13-7/h3-5H,2H2,1H3. The highest BCUT2D eigenvalue weighted by Crippen LogP contribution is 2.31. The van der Waals surface area contributed by atoms with Crippen molar-refractivity contribution in [3.63, 3.8) is 0 Å². The van der Waals surface area contributed by atoms with Crippen LogP contribution in [0.25, 0.3) is 10.7 Å². The fraction of sp³-hybridized carbons (Fsp3) is 0.250. The molecule has 68 valence electrons. The number of hydrogen-bond donors (Lipinski definition) is 0. The van der Waals surface area contributed by atoms with E-state index in [2.05, 4.69) is 10.2 Å². The Balaban J connectivity index is 2.52. The highest BCUT2D eigenvalue weighted by Gasteiger charge is 2.10. The summed E-state index contributed by atoms with van der Waals surface area (Å²) in [6, 6.07) is 1.87. The summed E-state index contributed by atoms with van der Waals surface area (Å²) < 4.78 is 1.97. The van der Waals surface area contributed by atoms with Gasteiger partial charge in [-0.1, -0.05) is 11.6 Å². The van der Waals surface area contributed by atoms with Gasteiger partial charge in [0, 0.05) is 6.54 Å². The van der Waals surface area contributed by atoms with Gasteiger partial charge < -0.3 is 4.57 Å². The van der Waals surface area contributed by atoms with Crippen molar-refractivity contribution >= 4 is 22.9 Å². The normalized spacial score (nSPS) is 10.6. The van der Waals surface area contributed by atoms with Crippen LogP contribution in [0.3, 0.4) is 0 Å². The fourth-order valence-corrected chi connectivity index (χ4v) is 2.26. The summed E-state index contributed by atoms with van der Waals surface area (Å²) >= 11 is 7.57. The van der Waals surface area contributed by atoms with Crippen molar-refractivity contribution < 1.29 is 0 Å². The largest absolute Gasteiger partial charge is 0.313 e. The lowest BCUT2D eigenvalue weighted by molar-refractivity contribution is 0.768. The lowest BCUT2D eigenvalue weighted by atomic mass is 10.4. The maximum absolute atomic E-state index is 5.99. The molecule has 5 heteroatoms. The Morgan fingerprint density at radius 3 is 3.08 bits per heavy atom. The molecule has 0 bridgehead atoms. The van der Waals surface area contributed by atoms with Gasteiger partial charge >= 0.3 is 0 Å². The summed E-state index contributed by atoms with van der Waals surface area (Å²) in [6.07, 6.45) is 1.71. The van der Waals surface area contributed by atoms with Gasteiger partial charge in [-0.3, -0.25) is 0 Å². The van der Waals surface area contributed by atoms with E-state index >= 15 is 0 Å². The molecule has 0 saturated heterocycles. The van der Waals surface area contributed by atoms with Gasteiger partial charge in [-0.05, 0) is 18.4 Å². The lowest BCUT2D eigenvalue weighted by Gasteiger charge is -1.99. The SMILES string of the molecule is CCn1cnnc1-c1sccc1Cl. The van der Waals surface area contributed by atoms with Crippen LogP contribution >= 0.6 is 22.9 Å². The maximum atomic E-state index is 5.99. The number of rotatable bonds is 2. The van der Waals surface area contributed by atoms with Crippen molar-refractivity contribution in [2.24, 2.45) is 0 Å². The van der Waals surface area contributed by atoms with Crippen molar-refractivity contribution in [2.75, 3.05) is 0 Å². The fourth-order valence-electron chi connectivity index (χ4n) is 1.12. The molecule has 0 radical (unpaired) electrons. The monoisotopic (exact) mass is 213 g/mol. The van der Waals surface area contributed by atoms with Gasteiger partial charge in [-0.2, -0.15) is 0 Å². The molecule has 0 aliphatic heterocycles. The third-order valence-electron chi connectivity index (χ3n) is 1.78. The van der Waals surface area contributed by atoms with E-state index in [-0.39, 0.29) is 0 Å². The van der Waals surface area contributed by atoms with Crippen LogP contribution in [0.5, 0.6) is 0 Å². The van der Waals surface area contributed by atoms with Crippen LogP contribution in [0.2, 0.25) is 5.02 Å².